The van der Waals surface area contributed by atoms with Gasteiger partial charge in [-0.05, 0) is 52.9 Å². The number of ether oxygens (including phenoxy) is 1. The number of alkyl halides is 3. The number of carboxylic acid groups (broad SMARTS) is 1. The number of benzene rings is 3. The van der Waals surface area contributed by atoms with E-state index in [9.17, 15) is 31.7 Å². The molecule has 12 heteroatoms. The first-order valence-corrected chi connectivity index (χ1v) is 12.5. The molecule has 0 radical (unpaired) electrons. The van der Waals surface area contributed by atoms with Gasteiger partial charge in [-0.15, -0.1) is 13.2 Å². The lowest BCUT2D eigenvalue weighted by Crippen LogP contribution is -2.18. The molecular weight excluding hydrogens is 543 g/mol. The summed E-state index contributed by atoms with van der Waals surface area (Å²) in [4.78, 5) is 15.7. The van der Waals surface area contributed by atoms with E-state index >= 15 is 4.39 Å². The van der Waals surface area contributed by atoms with E-state index in [4.69, 9.17) is 0 Å². The second-order valence-corrected chi connectivity index (χ2v) is 10.7. The number of pyridine rings is 1. The van der Waals surface area contributed by atoms with Gasteiger partial charge in [0.2, 0.25) is 0 Å². The van der Waals surface area contributed by atoms with E-state index in [1.807, 2.05) is 0 Å². The van der Waals surface area contributed by atoms with Crippen LogP contribution in [-0.2, 0) is 16.4 Å². The number of aromatic carboxylic acids is 1. The average Bonchev–Trinajstić information content (AvgIpc) is 2.83. The van der Waals surface area contributed by atoms with Crippen LogP contribution in [0.3, 0.4) is 0 Å². The first-order chi connectivity index (χ1) is 18.2. The summed E-state index contributed by atoms with van der Waals surface area (Å²) in [5, 5.41) is 9.63. The predicted octanol–water partition coefficient (Wildman–Crippen LogP) is 7.21. The summed E-state index contributed by atoms with van der Waals surface area (Å²) in [5.41, 5.74) is -1.15. The van der Waals surface area contributed by atoms with Crippen molar-refractivity contribution in [1.29, 1.82) is 0 Å². The maximum Gasteiger partial charge on any atom is 0.573 e. The van der Waals surface area contributed by atoms with Crippen molar-refractivity contribution >= 4 is 33.5 Å². The number of aromatic nitrogens is 1. The number of carboxylic acids is 1. The van der Waals surface area contributed by atoms with E-state index in [1.54, 1.807) is 20.8 Å². The predicted molar refractivity (Wildman–Crippen MR) is 136 cm³/mol. The van der Waals surface area contributed by atoms with E-state index < -0.39 is 51.7 Å². The number of hydrogen-bond donors (Lipinski definition) is 2. The molecule has 204 valence electrons. The fraction of sp³-hybridized carbons (Fsp3) is 0.185. The van der Waals surface area contributed by atoms with Crippen LogP contribution in [0.15, 0.2) is 65.7 Å². The van der Waals surface area contributed by atoms with Crippen molar-refractivity contribution in [2.24, 2.45) is 0 Å². The summed E-state index contributed by atoms with van der Waals surface area (Å²) in [5.74, 6) is -4.54. The second kappa shape index (κ2) is 10.3. The van der Waals surface area contributed by atoms with E-state index in [0.717, 1.165) is 18.2 Å². The van der Waals surface area contributed by atoms with Crippen LogP contribution in [0.4, 0.5) is 27.6 Å². The maximum absolute atomic E-state index is 15.7. The zero-order chi connectivity index (χ0) is 28.7. The fourth-order valence-corrected chi connectivity index (χ4v) is 4.94. The Balaban J connectivity index is 1.88. The molecule has 1 atom stereocenters. The Bertz CT molecular complexity index is 1620. The summed E-state index contributed by atoms with van der Waals surface area (Å²) < 4.78 is 88.9. The quantitative estimate of drug-likeness (QED) is 0.242. The molecule has 0 spiro atoms. The molecule has 0 aliphatic heterocycles. The number of nitrogens with zero attached hydrogens (tertiary/aromatic N) is 1. The third kappa shape index (κ3) is 5.85. The Hall–Kier alpha value is -4.06. The Morgan fingerprint density at radius 1 is 1.03 bits per heavy atom. The number of rotatable bonds is 6. The van der Waals surface area contributed by atoms with Gasteiger partial charge < -0.3 is 14.6 Å². The van der Waals surface area contributed by atoms with Crippen molar-refractivity contribution in [2.75, 3.05) is 4.72 Å². The highest BCUT2D eigenvalue weighted by atomic mass is 32.2. The minimum atomic E-state index is -5.21. The molecule has 6 nitrogen and oxygen atoms in total. The second-order valence-electron chi connectivity index (χ2n) is 9.48. The van der Waals surface area contributed by atoms with Crippen LogP contribution >= 0.6 is 0 Å². The van der Waals surface area contributed by atoms with Gasteiger partial charge >= 0.3 is 12.3 Å². The number of anilines is 1. The number of carbonyl (C=O) groups is 1. The highest BCUT2D eigenvalue weighted by molar-refractivity contribution is 7.86. The van der Waals surface area contributed by atoms with Crippen LogP contribution in [0, 0.1) is 11.6 Å². The summed E-state index contributed by atoms with van der Waals surface area (Å²) in [6, 6.07) is 10.9. The van der Waals surface area contributed by atoms with Crippen LogP contribution < -0.4 is 9.46 Å². The summed E-state index contributed by atoms with van der Waals surface area (Å²) >= 11 is 0. The number of nitrogens with one attached hydrogen (secondary N) is 1. The summed E-state index contributed by atoms with van der Waals surface area (Å²) in [6.07, 6.45) is -3.90. The van der Waals surface area contributed by atoms with Gasteiger partial charge in [0.25, 0.3) is 0 Å². The molecule has 0 aliphatic carbocycles. The number of hydrogen-bond acceptors (Lipinski definition) is 4. The van der Waals surface area contributed by atoms with Crippen LogP contribution in [0.2, 0.25) is 0 Å². The zero-order valence-corrected chi connectivity index (χ0v) is 21.5. The zero-order valence-electron chi connectivity index (χ0n) is 20.7. The molecule has 0 saturated carbocycles. The van der Waals surface area contributed by atoms with Crippen molar-refractivity contribution in [2.45, 2.75) is 37.4 Å². The van der Waals surface area contributed by atoms with Gasteiger partial charge in [0.1, 0.15) is 16.8 Å². The normalized spacial score (nSPS) is 12.8. The number of halogens is 5. The SMILES string of the molecule is CC(C)(C)c1ccc(S(=O)Nc2ccc(OC(F)(F)F)c(F)c2-c2ccc(C(=O)O)c3ncccc23)cc1F. The van der Waals surface area contributed by atoms with Gasteiger partial charge in [-0.1, -0.05) is 39.0 Å². The summed E-state index contributed by atoms with van der Waals surface area (Å²) in [7, 11) is -2.17. The van der Waals surface area contributed by atoms with Crippen molar-refractivity contribution in [3.8, 4) is 16.9 Å². The Labute approximate surface area is 222 Å². The van der Waals surface area contributed by atoms with Gasteiger partial charge in [0, 0.05) is 17.1 Å². The average molecular weight is 565 g/mol. The molecule has 39 heavy (non-hydrogen) atoms. The van der Waals surface area contributed by atoms with Crippen LogP contribution in [-0.4, -0.2) is 26.6 Å². The molecule has 4 rings (SSSR count). The third-order valence-electron chi connectivity index (χ3n) is 5.77. The lowest BCUT2D eigenvalue weighted by atomic mass is 9.87. The van der Waals surface area contributed by atoms with E-state index in [1.165, 1.54) is 36.5 Å². The largest absolute Gasteiger partial charge is 0.573 e. The standard InChI is InChI=1S/C27H21F5N2O4S/c1-26(2,3)18-9-6-14(13-19(18)28)39(37)34-20-10-11-21(38-27(30,31)32)23(29)22(20)15-7-8-17(25(35)36)24-16(15)5-4-12-33-24/h4-13,34H,1-3H3,(H,35,36). The van der Waals surface area contributed by atoms with E-state index in [-0.39, 0.29) is 32.6 Å². The Kier molecular flexibility index (Phi) is 7.35. The molecule has 0 fully saturated rings. The molecule has 0 aliphatic rings. The molecule has 2 N–H and O–H groups in total. The van der Waals surface area contributed by atoms with Crippen LogP contribution in [0.5, 0.6) is 5.75 Å². The first-order valence-electron chi connectivity index (χ1n) is 11.4. The molecule has 0 saturated heterocycles. The minimum absolute atomic E-state index is 0.00442. The molecule has 1 unspecified atom stereocenters. The first kappa shape index (κ1) is 28.0. The van der Waals surface area contributed by atoms with Gasteiger partial charge in [-0.2, -0.15) is 0 Å². The van der Waals surface area contributed by atoms with Crippen LogP contribution in [0.1, 0.15) is 36.7 Å². The van der Waals surface area contributed by atoms with Gasteiger partial charge in [0.05, 0.1) is 21.7 Å². The highest BCUT2D eigenvalue weighted by Crippen LogP contribution is 2.41. The van der Waals surface area contributed by atoms with Crippen LogP contribution in [0.25, 0.3) is 22.0 Å². The van der Waals surface area contributed by atoms with Gasteiger partial charge in [-0.25, -0.2) is 17.8 Å². The molecule has 0 bridgehead atoms. The van der Waals surface area contributed by atoms with Gasteiger partial charge in [-0.3, -0.25) is 4.98 Å². The number of fused-ring (bicyclic) bond motifs is 1. The minimum Gasteiger partial charge on any atom is -0.478 e. The lowest BCUT2D eigenvalue weighted by molar-refractivity contribution is -0.275. The van der Waals surface area contributed by atoms with E-state index in [2.05, 4.69) is 14.4 Å². The molecule has 3 aromatic carbocycles. The van der Waals surface area contributed by atoms with Crippen molar-refractivity contribution in [3.05, 3.63) is 83.6 Å². The topological polar surface area (TPSA) is 88.5 Å². The third-order valence-corrected chi connectivity index (χ3v) is 6.85. The van der Waals surface area contributed by atoms with Crippen molar-refractivity contribution in [3.63, 3.8) is 0 Å². The van der Waals surface area contributed by atoms with Crippen molar-refractivity contribution < 1.29 is 40.8 Å². The van der Waals surface area contributed by atoms with Gasteiger partial charge in [0.15, 0.2) is 11.6 Å². The molecule has 0 amide bonds. The fourth-order valence-electron chi connectivity index (χ4n) is 4.05. The molecular formula is C27H21F5N2O4S. The molecule has 1 heterocycles. The Morgan fingerprint density at radius 2 is 1.74 bits per heavy atom. The maximum atomic E-state index is 15.7. The highest BCUT2D eigenvalue weighted by Gasteiger charge is 2.34. The molecule has 1 aromatic heterocycles. The Morgan fingerprint density at radius 3 is 2.36 bits per heavy atom. The smallest absolute Gasteiger partial charge is 0.478 e. The summed E-state index contributed by atoms with van der Waals surface area (Å²) in [6.45, 7) is 5.40. The van der Waals surface area contributed by atoms with Crippen molar-refractivity contribution in [1.82, 2.24) is 4.98 Å². The lowest BCUT2D eigenvalue weighted by Gasteiger charge is -2.20. The monoisotopic (exact) mass is 564 g/mol. The molecule has 4 aromatic rings. The van der Waals surface area contributed by atoms with E-state index in [0.29, 0.717) is 11.6 Å².